The highest BCUT2D eigenvalue weighted by molar-refractivity contribution is 5.90. The van der Waals surface area contributed by atoms with Gasteiger partial charge in [-0.05, 0) is 50.2 Å². The van der Waals surface area contributed by atoms with Crippen molar-refractivity contribution < 1.29 is 14.3 Å². The number of benzene rings is 2. The highest BCUT2D eigenvalue weighted by Gasteiger charge is 2.44. The van der Waals surface area contributed by atoms with E-state index in [9.17, 15) is 9.59 Å². The third kappa shape index (κ3) is 5.39. The molecule has 4 unspecified atom stereocenters. The van der Waals surface area contributed by atoms with Gasteiger partial charge in [0.25, 0.3) is 0 Å². The molecule has 0 spiro atoms. The monoisotopic (exact) mass is 434 g/mol. The maximum atomic E-state index is 13.6. The molecule has 1 aliphatic carbocycles. The number of carbonyl (C=O) groups excluding carboxylic acids is 2. The quantitative estimate of drug-likeness (QED) is 0.673. The first-order valence-corrected chi connectivity index (χ1v) is 11.7. The van der Waals surface area contributed by atoms with Crippen LogP contribution < -0.4 is 5.32 Å². The summed E-state index contributed by atoms with van der Waals surface area (Å²) < 4.78 is 5.69. The van der Waals surface area contributed by atoms with Crippen molar-refractivity contribution in [3.63, 3.8) is 0 Å². The van der Waals surface area contributed by atoms with Gasteiger partial charge in [0.1, 0.15) is 6.04 Å². The van der Waals surface area contributed by atoms with Crippen molar-refractivity contribution in [1.82, 2.24) is 10.2 Å². The number of carbonyl (C=O) groups is 2. The highest BCUT2D eigenvalue weighted by atomic mass is 16.5. The molecule has 1 N–H and O–H groups in total. The van der Waals surface area contributed by atoms with Crippen LogP contribution in [0, 0.1) is 25.7 Å². The normalized spacial score (nSPS) is 22.9. The Hall–Kier alpha value is -2.66. The van der Waals surface area contributed by atoms with Gasteiger partial charge in [0, 0.05) is 25.6 Å². The summed E-state index contributed by atoms with van der Waals surface area (Å²) in [5, 5.41) is 3.08. The van der Waals surface area contributed by atoms with E-state index in [1.807, 2.05) is 56.3 Å². The van der Waals surface area contributed by atoms with Crippen LogP contribution in [0.25, 0.3) is 0 Å². The fraction of sp³-hybridized carbons (Fsp3) is 0.481. The van der Waals surface area contributed by atoms with Crippen molar-refractivity contribution in [2.45, 2.75) is 58.7 Å². The second-order valence-electron chi connectivity index (χ2n) is 9.47. The molecule has 4 rings (SSSR count). The van der Waals surface area contributed by atoms with Crippen LogP contribution in [0.3, 0.4) is 0 Å². The number of hydrogen-bond acceptors (Lipinski definition) is 3. The molecule has 1 aliphatic heterocycles. The Labute approximate surface area is 191 Å². The van der Waals surface area contributed by atoms with Gasteiger partial charge >= 0.3 is 0 Å². The first kappa shape index (κ1) is 22.5. The van der Waals surface area contributed by atoms with Crippen molar-refractivity contribution in [2.75, 3.05) is 13.2 Å². The molecule has 32 heavy (non-hydrogen) atoms. The lowest BCUT2D eigenvalue weighted by Crippen LogP contribution is -2.45. The van der Waals surface area contributed by atoms with Crippen LogP contribution in [0.2, 0.25) is 0 Å². The van der Waals surface area contributed by atoms with E-state index >= 15 is 0 Å². The molecule has 0 aromatic heterocycles. The van der Waals surface area contributed by atoms with Crippen molar-refractivity contribution in [2.24, 2.45) is 11.8 Å². The predicted octanol–water partition coefficient (Wildman–Crippen LogP) is 4.32. The second kappa shape index (κ2) is 9.86. The summed E-state index contributed by atoms with van der Waals surface area (Å²) in [4.78, 5) is 28.9. The van der Waals surface area contributed by atoms with E-state index in [2.05, 4.69) is 18.3 Å². The molecule has 2 aromatic rings. The van der Waals surface area contributed by atoms with Gasteiger partial charge in [0.2, 0.25) is 11.8 Å². The number of rotatable bonds is 8. The van der Waals surface area contributed by atoms with Gasteiger partial charge in [0.05, 0.1) is 6.10 Å². The van der Waals surface area contributed by atoms with E-state index in [1.54, 1.807) is 4.90 Å². The van der Waals surface area contributed by atoms with Crippen molar-refractivity contribution >= 4 is 11.8 Å². The molecule has 2 aliphatic rings. The highest BCUT2D eigenvalue weighted by Crippen LogP contribution is 2.41. The molecule has 0 bridgehead atoms. The standard InChI is InChI=1S/C27H34N2O3/c1-18-9-11-22(12-10-18)25(26(30)28-16-23-8-5-13-32-23)29(27(31)24-15-20(24)3)17-21-7-4-6-19(2)14-21/h4,6-7,9-12,14,20,23-25H,5,8,13,15-17H2,1-3H3,(H,28,30). The van der Waals surface area contributed by atoms with Crippen LogP contribution in [-0.4, -0.2) is 36.0 Å². The Bertz CT molecular complexity index is 950. The van der Waals surface area contributed by atoms with Gasteiger partial charge in [-0.15, -0.1) is 0 Å². The third-order valence-corrected chi connectivity index (χ3v) is 6.63. The molecule has 1 heterocycles. The number of aryl methyl sites for hydroxylation is 2. The van der Waals surface area contributed by atoms with Crippen LogP contribution >= 0.6 is 0 Å². The fourth-order valence-corrected chi connectivity index (χ4v) is 4.52. The Balaban J connectivity index is 1.64. The molecule has 1 saturated carbocycles. The Kier molecular flexibility index (Phi) is 6.95. The molecule has 1 saturated heterocycles. The van der Waals surface area contributed by atoms with Crippen LogP contribution in [0.5, 0.6) is 0 Å². The molecule has 5 heteroatoms. The summed E-state index contributed by atoms with van der Waals surface area (Å²) in [5.74, 6) is 0.297. The van der Waals surface area contributed by atoms with Crippen LogP contribution in [-0.2, 0) is 20.9 Å². The Morgan fingerprint density at radius 2 is 1.88 bits per heavy atom. The molecule has 2 aromatic carbocycles. The molecule has 4 atom stereocenters. The molecule has 0 radical (unpaired) electrons. The SMILES string of the molecule is Cc1ccc(C(C(=O)NCC2CCCO2)N(Cc2cccc(C)c2)C(=O)C2CC2C)cc1. The van der Waals surface area contributed by atoms with Crippen molar-refractivity contribution in [1.29, 1.82) is 0 Å². The minimum atomic E-state index is -0.669. The van der Waals surface area contributed by atoms with Crippen LogP contribution in [0.4, 0.5) is 0 Å². The van der Waals surface area contributed by atoms with Gasteiger partial charge in [-0.3, -0.25) is 9.59 Å². The summed E-state index contributed by atoms with van der Waals surface area (Å²) in [7, 11) is 0. The smallest absolute Gasteiger partial charge is 0.247 e. The first-order chi connectivity index (χ1) is 15.4. The molecular weight excluding hydrogens is 400 g/mol. The maximum absolute atomic E-state index is 13.6. The first-order valence-electron chi connectivity index (χ1n) is 11.7. The zero-order valence-corrected chi connectivity index (χ0v) is 19.3. The van der Waals surface area contributed by atoms with Gasteiger partial charge in [-0.2, -0.15) is 0 Å². The maximum Gasteiger partial charge on any atom is 0.247 e. The lowest BCUT2D eigenvalue weighted by atomic mass is 10.0. The summed E-state index contributed by atoms with van der Waals surface area (Å²) in [6.07, 6.45) is 2.93. The average Bonchev–Trinajstić information content (AvgIpc) is 3.28. The minimum absolute atomic E-state index is 0.00118. The molecule has 2 fully saturated rings. The van der Waals surface area contributed by atoms with E-state index in [-0.39, 0.29) is 23.8 Å². The van der Waals surface area contributed by atoms with Crippen LogP contribution in [0.15, 0.2) is 48.5 Å². The minimum Gasteiger partial charge on any atom is -0.376 e. The second-order valence-corrected chi connectivity index (χ2v) is 9.47. The van der Waals surface area contributed by atoms with E-state index in [0.29, 0.717) is 19.0 Å². The number of hydrogen-bond donors (Lipinski definition) is 1. The average molecular weight is 435 g/mol. The summed E-state index contributed by atoms with van der Waals surface area (Å²) in [6, 6.07) is 15.5. The van der Waals surface area contributed by atoms with Crippen molar-refractivity contribution in [3.8, 4) is 0 Å². The number of nitrogens with one attached hydrogen (secondary N) is 1. The molecular formula is C27H34N2O3. The van der Waals surface area contributed by atoms with Gasteiger partial charge in [-0.1, -0.05) is 66.6 Å². The summed E-state index contributed by atoms with van der Waals surface area (Å²) >= 11 is 0. The Morgan fingerprint density at radius 3 is 2.50 bits per heavy atom. The Morgan fingerprint density at radius 1 is 1.12 bits per heavy atom. The largest absolute Gasteiger partial charge is 0.376 e. The zero-order valence-electron chi connectivity index (χ0n) is 19.3. The fourth-order valence-electron chi connectivity index (χ4n) is 4.52. The van der Waals surface area contributed by atoms with Gasteiger partial charge in [0.15, 0.2) is 0 Å². The third-order valence-electron chi connectivity index (χ3n) is 6.63. The zero-order chi connectivity index (χ0) is 22.7. The molecule has 5 nitrogen and oxygen atoms in total. The van der Waals surface area contributed by atoms with Crippen LogP contribution in [0.1, 0.15) is 54.5 Å². The van der Waals surface area contributed by atoms with E-state index in [0.717, 1.165) is 48.1 Å². The summed E-state index contributed by atoms with van der Waals surface area (Å²) in [6.45, 7) is 7.82. The van der Waals surface area contributed by atoms with Gasteiger partial charge in [-0.25, -0.2) is 0 Å². The summed E-state index contributed by atoms with van der Waals surface area (Å²) in [5.41, 5.74) is 4.15. The van der Waals surface area contributed by atoms with Crippen molar-refractivity contribution in [3.05, 3.63) is 70.8 Å². The van der Waals surface area contributed by atoms with E-state index in [4.69, 9.17) is 4.74 Å². The molecule has 2 amide bonds. The van der Waals surface area contributed by atoms with E-state index in [1.165, 1.54) is 0 Å². The van der Waals surface area contributed by atoms with E-state index < -0.39 is 6.04 Å². The topological polar surface area (TPSA) is 58.6 Å². The predicted molar refractivity (Wildman–Crippen MR) is 125 cm³/mol. The lowest BCUT2D eigenvalue weighted by molar-refractivity contribution is -0.143. The van der Waals surface area contributed by atoms with Gasteiger partial charge < -0.3 is 15.0 Å². The lowest BCUT2D eigenvalue weighted by Gasteiger charge is -2.32. The molecule has 170 valence electrons. The number of nitrogens with zero attached hydrogens (tertiary/aromatic N) is 1. The number of amides is 2. The number of ether oxygens (including phenoxy) is 1.